The van der Waals surface area contributed by atoms with Crippen molar-refractivity contribution >= 4 is 12.6 Å². The molecule has 1 aromatic carbocycles. The van der Waals surface area contributed by atoms with E-state index in [2.05, 4.69) is 13.3 Å². The van der Waals surface area contributed by atoms with Crippen LogP contribution < -0.4 is 0 Å². The first-order chi connectivity index (χ1) is 8.29. The molecule has 0 unspecified atom stereocenters. The second kappa shape index (κ2) is 18.4. The van der Waals surface area contributed by atoms with Gasteiger partial charge in [-0.05, 0) is 6.92 Å². The van der Waals surface area contributed by atoms with Gasteiger partial charge < -0.3 is 12.6 Å². The zero-order valence-electron chi connectivity index (χ0n) is 9.77. The average Bonchev–Trinajstić information content (AvgIpc) is 2.93. The molecule has 2 radical (unpaired) electrons. The van der Waals surface area contributed by atoms with Gasteiger partial charge in [0.2, 0.25) is 0 Å². The number of aryl methyl sites for hydroxylation is 1. The molecule has 0 amide bonds. The minimum absolute atomic E-state index is 0. The minimum atomic E-state index is 0. The van der Waals surface area contributed by atoms with Crippen molar-refractivity contribution in [2.75, 3.05) is 0 Å². The van der Waals surface area contributed by atoms with Gasteiger partial charge in [0.05, 0.1) is 0 Å². The monoisotopic (exact) mass is 300 g/mol. The van der Waals surface area contributed by atoms with Crippen LogP contribution in [0.1, 0.15) is 5.56 Å². The number of allylic oxidation sites excluding steroid dienone is 2. The van der Waals surface area contributed by atoms with Gasteiger partial charge in [0.15, 0.2) is 0 Å². The summed E-state index contributed by atoms with van der Waals surface area (Å²) in [6.07, 6.45) is 10.0. The first-order valence-corrected chi connectivity index (χ1v) is 5.01. The van der Waals surface area contributed by atoms with Crippen LogP contribution in [0.3, 0.4) is 0 Å². The molecule has 0 heterocycles. The van der Waals surface area contributed by atoms with E-state index in [0.29, 0.717) is 0 Å². The quantitative estimate of drug-likeness (QED) is 0.314. The first-order valence-electron chi connectivity index (χ1n) is 4.60. The molecule has 2 nitrogen and oxygen atoms in total. The molecule has 0 fully saturated rings. The van der Waals surface area contributed by atoms with Crippen molar-refractivity contribution in [2.24, 2.45) is 0 Å². The molecule has 1 aliphatic rings. The minimum Gasteiger partial charge on any atom is -0.231 e. The van der Waals surface area contributed by atoms with Gasteiger partial charge in [-0.2, -0.15) is 4.90 Å². The van der Waals surface area contributed by atoms with E-state index in [1.807, 2.05) is 62.6 Å². The van der Waals surface area contributed by atoms with Crippen LogP contribution in [0, 0.1) is 39.5 Å². The fourth-order valence-corrected chi connectivity index (χ4v) is 1.20. The van der Waals surface area contributed by atoms with E-state index >= 15 is 0 Å². The van der Waals surface area contributed by atoms with Crippen LogP contribution in [-0.4, -0.2) is 0 Å². The molecule has 0 aliphatic heterocycles. The molecule has 0 atom stereocenters. The van der Waals surface area contributed by atoms with E-state index in [9.17, 15) is 0 Å². The Morgan fingerprint density at radius 2 is 1.78 bits per heavy atom. The molecule has 4 heteroatoms. The second-order valence-electron chi connectivity index (χ2n) is 2.78. The molecular weight excluding hydrogens is 288 g/mol. The van der Waals surface area contributed by atoms with Crippen LogP contribution in [0.5, 0.6) is 0 Å². The van der Waals surface area contributed by atoms with Crippen LogP contribution in [-0.2, 0) is 39.0 Å². The van der Waals surface area contributed by atoms with Crippen molar-refractivity contribution < 1.29 is 26.4 Å². The molecule has 1 aromatic rings. The fraction of sp³-hybridized carbons (Fsp3) is 0.0714. The van der Waals surface area contributed by atoms with Crippen molar-refractivity contribution in [3.63, 3.8) is 0 Å². The summed E-state index contributed by atoms with van der Waals surface area (Å²) in [4.78, 5) is 0.921. The predicted octanol–water partition coefficient (Wildman–Crippen LogP) is 2.99. The Balaban J connectivity index is -0.000000196. The van der Waals surface area contributed by atoms with E-state index in [1.54, 1.807) is 0 Å². The van der Waals surface area contributed by atoms with Crippen LogP contribution in [0.4, 0.5) is 0 Å². The van der Waals surface area contributed by atoms with Gasteiger partial charge in [-0.3, -0.25) is 0 Å². The van der Waals surface area contributed by atoms with Crippen molar-refractivity contribution in [3.05, 3.63) is 74.5 Å². The zero-order chi connectivity index (χ0) is 13.5. The molecule has 1 aliphatic carbocycles. The Morgan fingerprint density at radius 1 is 1.17 bits per heavy atom. The molecule has 0 spiro atoms. The third kappa shape index (κ3) is 15.0. The molecule has 0 saturated heterocycles. The summed E-state index contributed by atoms with van der Waals surface area (Å²) >= 11 is 4.90. The number of hydrogen-bond donors (Lipinski definition) is 0. The van der Waals surface area contributed by atoms with E-state index in [4.69, 9.17) is 21.9 Å². The Hall–Kier alpha value is -0.951. The van der Waals surface area contributed by atoms with E-state index < -0.39 is 0 Å². The third-order valence-electron chi connectivity index (χ3n) is 1.55. The molecule has 94 valence electrons. The second-order valence-corrected chi connectivity index (χ2v) is 3.25. The maximum absolute atomic E-state index is 7.50. The van der Waals surface area contributed by atoms with Crippen LogP contribution >= 0.6 is 0 Å². The topological polar surface area (TPSA) is 39.8 Å². The SMILES string of the molecule is Cc1cccc([S-])c1.[C-]#[O+].[C-]#[O+].[CH]1[CH][CH-]C=C1.[Fe+2]. The van der Waals surface area contributed by atoms with Crippen molar-refractivity contribution in [3.8, 4) is 0 Å². The normalized spacial score (nSPS) is 9.61. The Labute approximate surface area is 125 Å². The van der Waals surface area contributed by atoms with Crippen LogP contribution in [0.25, 0.3) is 0 Å². The summed E-state index contributed by atoms with van der Waals surface area (Å²) in [5, 5.41) is 0. The zero-order valence-corrected chi connectivity index (χ0v) is 11.7. The largest absolute Gasteiger partial charge is 2.00 e. The first kappa shape index (κ1) is 22.2. The van der Waals surface area contributed by atoms with Gasteiger partial charge >= 0.3 is 39.7 Å². The van der Waals surface area contributed by atoms with Crippen LogP contribution in [0.15, 0.2) is 41.3 Å². The van der Waals surface area contributed by atoms with Gasteiger partial charge in [-0.25, -0.2) is 18.6 Å². The maximum Gasteiger partial charge on any atom is 2.00 e. The van der Waals surface area contributed by atoms with E-state index in [0.717, 1.165) is 4.90 Å². The summed E-state index contributed by atoms with van der Waals surface area (Å²) in [6.45, 7) is 11.0. The Kier molecular flexibility index (Phi) is 22.8. The van der Waals surface area contributed by atoms with Gasteiger partial charge in [-0.1, -0.05) is 29.8 Å². The van der Waals surface area contributed by atoms with E-state index in [1.165, 1.54) is 5.56 Å². The maximum atomic E-state index is 7.50. The van der Waals surface area contributed by atoms with Gasteiger partial charge in [-0.15, -0.1) is 12.8 Å². The molecule has 0 bridgehead atoms. The summed E-state index contributed by atoms with van der Waals surface area (Å²) in [5.41, 5.74) is 1.23. The number of rotatable bonds is 0. The van der Waals surface area contributed by atoms with Crippen molar-refractivity contribution in [1.82, 2.24) is 0 Å². The Morgan fingerprint density at radius 3 is 2.00 bits per heavy atom. The summed E-state index contributed by atoms with van der Waals surface area (Å²) < 4.78 is 15.0. The summed E-state index contributed by atoms with van der Waals surface area (Å²) in [6, 6.07) is 7.91. The molecular formula is C14H12FeO2S. The van der Waals surface area contributed by atoms with Gasteiger partial charge in [0.1, 0.15) is 0 Å². The smallest absolute Gasteiger partial charge is 0.231 e. The molecule has 2 rings (SSSR count). The predicted molar refractivity (Wildman–Crippen MR) is 66.7 cm³/mol. The van der Waals surface area contributed by atoms with Crippen LogP contribution in [0.2, 0.25) is 0 Å². The standard InChI is InChI=1S/C7H8S.C5H5.2CO.Fe/c1-6-3-2-4-7(8)5-6;1-2-4-5-3-1;2*1-2;/h2-5,8H,1H3;1-5H;;;/q;-1;;;+2/p-1. The molecule has 0 saturated carbocycles. The average molecular weight is 300 g/mol. The number of hydrogen-bond acceptors (Lipinski definition) is 1. The molecule has 0 N–H and O–H groups in total. The number of benzene rings is 1. The molecule has 18 heavy (non-hydrogen) atoms. The van der Waals surface area contributed by atoms with Crippen molar-refractivity contribution in [1.29, 1.82) is 0 Å². The Bertz CT molecular complexity index is 330. The molecule has 0 aromatic heterocycles. The van der Waals surface area contributed by atoms with Gasteiger partial charge in [0, 0.05) is 0 Å². The third-order valence-corrected chi connectivity index (χ3v) is 1.80. The van der Waals surface area contributed by atoms with E-state index in [-0.39, 0.29) is 17.1 Å². The van der Waals surface area contributed by atoms with Crippen molar-refractivity contribution in [2.45, 2.75) is 11.8 Å². The summed E-state index contributed by atoms with van der Waals surface area (Å²) in [7, 11) is 0. The summed E-state index contributed by atoms with van der Waals surface area (Å²) in [5.74, 6) is 0. The van der Waals surface area contributed by atoms with Gasteiger partial charge in [0.25, 0.3) is 0 Å². The fourth-order valence-electron chi connectivity index (χ4n) is 0.936.